The van der Waals surface area contributed by atoms with E-state index in [9.17, 15) is 14.7 Å². The molecule has 0 bridgehead atoms. The molecule has 2 rings (SSSR count). The van der Waals surface area contributed by atoms with Gasteiger partial charge in [-0.1, -0.05) is 26.0 Å². The van der Waals surface area contributed by atoms with Gasteiger partial charge in [0.1, 0.15) is 17.0 Å². The van der Waals surface area contributed by atoms with E-state index in [0.717, 1.165) is 16.8 Å². The van der Waals surface area contributed by atoms with Crippen LogP contribution in [0.4, 0.5) is 4.79 Å². The molecule has 0 aliphatic heterocycles. The number of nitrogens with zero attached hydrogens (tertiary/aromatic N) is 1. The van der Waals surface area contributed by atoms with Crippen LogP contribution in [0, 0.1) is 12.8 Å². The van der Waals surface area contributed by atoms with Crippen LogP contribution in [0.25, 0.3) is 11.1 Å². The molecule has 34 heavy (non-hydrogen) atoms. The van der Waals surface area contributed by atoms with Gasteiger partial charge in [-0.3, -0.25) is 4.98 Å². The SMILES string of the molecule is Cc1nc(CC(C)C)c(CNC(=O)OC(C)(C)C)c(-c2ccc(O)cc2)c1C(=O)OC(C)(C)C. The van der Waals surface area contributed by atoms with Gasteiger partial charge < -0.3 is 19.9 Å². The van der Waals surface area contributed by atoms with E-state index in [-0.39, 0.29) is 12.3 Å². The number of pyridine rings is 1. The Kier molecular flexibility index (Phi) is 8.35. The molecule has 1 aromatic heterocycles. The number of hydrogen-bond donors (Lipinski definition) is 2. The van der Waals surface area contributed by atoms with E-state index < -0.39 is 23.3 Å². The van der Waals surface area contributed by atoms with Crippen molar-refractivity contribution in [1.29, 1.82) is 0 Å². The van der Waals surface area contributed by atoms with Crippen molar-refractivity contribution in [2.75, 3.05) is 0 Å². The number of rotatable bonds is 6. The Balaban J connectivity index is 2.73. The van der Waals surface area contributed by atoms with Gasteiger partial charge in [-0.15, -0.1) is 0 Å². The van der Waals surface area contributed by atoms with Crippen LogP contribution < -0.4 is 5.32 Å². The maximum absolute atomic E-state index is 13.3. The zero-order chi connectivity index (χ0) is 25.8. The van der Waals surface area contributed by atoms with E-state index in [4.69, 9.17) is 14.5 Å². The lowest BCUT2D eigenvalue weighted by Crippen LogP contribution is -2.33. The van der Waals surface area contributed by atoms with Crippen LogP contribution in [0.3, 0.4) is 0 Å². The van der Waals surface area contributed by atoms with Crippen molar-refractivity contribution < 1.29 is 24.2 Å². The molecule has 1 heterocycles. The Morgan fingerprint density at radius 3 is 2.06 bits per heavy atom. The molecule has 186 valence electrons. The van der Waals surface area contributed by atoms with Crippen molar-refractivity contribution in [1.82, 2.24) is 10.3 Å². The van der Waals surface area contributed by atoms with Gasteiger partial charge in [0.05, 0.1) is 11.3 Å². The van der Waals surface area contributed by atoms with E-state index in [1.54, 1.807) is 52.0 Å². The Morgan fingerprint density at radius 2 is 1.56 bits per heavy atom. The smallest absolute Gasteiger partial charge is 0.407 e. The van der Waals surface area contributed by atoms with Crippen molar-refractivity contribution in [2.45, 2.75) is 86.5 Å². The number of phenols is 1. The molecule has 1 aromatic carbocycles. The molecule has 0 spiro atoms. The third kappa shape index (κ3) is 7.75. The number of phenolic OH excluding ortho intramolecular Hbond substituents is 1. The van der Waals surface area contributed by atoms with Crippen LogP contribution >= 0.6 is 0 Å². The molecule has 0 fully saturated rings. The maximum atomic E-state index is 13.3. The molecule has 7 heteroatoms. The molecule has 0 saturated heterocycles. The highest BCUT2D eigenvalue weighted by atomic mass is 16.6. The monoisotopic (exact) mass is 470 g/mol. The second kappa shape index (κ2) is 10.5. The normalized spacial score (nSPS) is 11.9. The highest BCUT2D eigenvalue weighted by Gasteiger charge is 2.28. The quantitative estimate of drug-likeness (QED) is 0.507. The summed E-state index contributed by atoms with van der Waals surface area (Å²) >= 11 is 0. The molecular formula is C27H38N2O5. The number of carbonyl (C=O) groups excluding carboxylic acids is 2. The molecule has 0 atom stereocenters. The summed E-state index contributed by atoms with van der Waals surface area (Å²) in [6, 6.07) is 6.62. The van der Waals surface area contributed by atoms with Crippen molar-refractivity contribution >= 4 is 12.1 Å². The summed E-state index contributed by atoms with van der Waals surface area (Å²) in [6.45, 7) is 16.9. The van der Waals surface area contributed by atoms with Crippen LogP contribution in [0.15, 0.2) is 24.3 Å². The molecule has 0 saturated carbocycles. The summed E-state index contributed by atoms with van der Waals surface area (Å²) in [6.07, 6.45) is 0.102. The number of ether oxygens (including phenoxy) is 2. The number of alkyl carbamates (subject to hydrolysis) is 1. The average Bonchev–Trinajstić information content (AvgIpc) is 2.64. The van der Waals surface area contributed by atoms with Gasteiger partial charge in [0, 0.05) is 23.4 Å². The number of amides is 1. The molecule has 7 nitrogen and oxygen atoms in total. The van der Waals surface area contributed by atoms with E-state index in [1.807, 2.05) is 20.8 Å². The third-order valence-electron chi connectivity index (χ3n) is 4.73. The summed E-state index contributed by atoms with van der Waals surface area (Å²) in [5.41, 5.74) is 2.42. The molecular weight excluding hydrogens is 432 g/mol. The molecule has 0 aliphatic carbocycles. The van der Waals surface area contributed by atoms with Gasteiger partial charge in [0.2, 0.25) is 0 Å². The van der Waals surface area contributed by atoms with Gasteiger partial charge in [0.25, 0.3) is 0 Å². The molecule has 2 aromatic rings. The number of carbonyl (C=O) groups is 2. The number of benzene rings is 1. The average molecular weight is 471 g/mol. The predicted molar refractivity (Wildman–Crippen MR) is 133 cm³/mol. The highest BCUT2D eigenvalue weighted by Crippen LogP contribution is 2.34. The van der Waals surface area contributed by atoms with Gasteiger partial charge in [0.15, 0.2) is 0 Å². The first-order valence-electron chi connectivity index (χ1n) is 11.6. The molecule has 0 unspecified atom stereocenters. The third-order valence-corrected chi connectivity index (χ3v) is 4.73. The minimum Gasteiger partial charge on any atom is -0.508 e. The zero-order valence-corrected chi connectivity index (χ0v) is 21.8. The van der Waals surface area contributed by atoms with Crippen LogP contribution in [-0.2, 0) is 22.4 Å². The first kappa shape index (κ1) is 27.2. The van der Waals surface area contributed by atoms with Crippen molar-refractivity contribution in [2.24, 2.45) is 5.92 Å². The van der Waals surface area contributed by atoms with E-state index in [2.05, 4.69) is 19.2 Å². The van der Waals surface area contributed by atoms with Crippen LogP contribution in [-0.4, -0.2) is 33.4 Å². The van der Waals surface area contributed by atoms with Crippen LogP contribution in [0.2, 0.25) is 0 Å². The van der Waals surface area contributed by atoms with Crippen molar-refractivity contribution in [3.8, 4) is 16.9 Å². The zero-order valence-electron chi connectivity index (χ0n) is 21.8. The maximum Gasteiger partial charge on any atom is 0.407 e. The Labute approximate surface area is 202 Å². The van der Waals surface area contributed by atoms with E-state index in [0.29, 0.717) is 29.2 Å². The number of aryl methyl sites for hydroxylation is 1. The number of esters is 1. The minimum absolute atomic E-state index is 0.115. The van der Waals surface area contributed by atoms with Crippen LogP contribution in [0.5, 0.6) is 5.75 Å². The standard InChI is InChI=1S/C27H38N2O5/c1-16(2)14-21-20(15-28-25(32)34-27(7,8)9)23(18-10-12-19(30)13-11-18)22(17(3)29-21)24(31)33-26(4,5)6/h10-13,16,30H,14-15H2,1-9H3,(H,28,32). The predicted octanol–water partition coefficient (Wildman–Crippen LogP) is 5.94. The fourth-order valence-electron chi connectivity index (χ4n) is 3.55. The van der Waals surface area contributed by atoms with Crippen LogP contribution in [0.1, 0.15) is 82.7 Å². The summed E-state index contributed by atoms with van der Waals surface area (Å²) in [5.74, 6) is -0.0772. The Bertz CT molecular complexity index is 1030. The van der Waals surface area contributed by atoms with Crippen molar-refractivity contribution in [3.05, 3.63) is 46.8 Å². The Morgan fingerprint density at radius 1 is 1.00 bits per heavy atom. The fraction of sp³-hybridized carbons (Fsp3) is 0.519. The Hall–Kier alpha value is -3.09. The van der Waals surface area contributed by atoms with E-state index in [1.165, 1.54) is 0 Å². The molecule has 2 N–H and O–H groups in total. The number of hydrogen-bond acceptors (Lipinski definition) is 6. The molecule has 0 aliphatic rings. The van der Waals surface area contributed by atoms with E-state index >= 15 is 0 Å². The number of nitrogens with one attached hydrogen (secondary N) is 1. The van der Waals surface area contributed by atoms with Crippen molar-refractivity contribution in [3.63, 3.8) is 0 Å². The summed E-state index contributed by atoms with van der Waals surface area (Å²) in [5, 5.41) is 12.7. The summed E-state index contributed by atoms with van der Waals surface area (Å²) in [4.78, 5) is 30.6. The lowest BCUT2D eigenvalue weighted by Gasteiger charge is -2.25. The lowest BCUT2D eigenvalue weighted by atomic mass is 9.90. The second-order valence-corrected chi connectivity index (χ2v) is 10.9. The molecule has 1 amide bonds. The largest absolute Gasteiger partial charge is 0.508 e. The highest BCUT2D eigenvalue weighted by molar-refractivity contribution is 5.99. The molecule has 0 radical (unpaired) electrons. The minimum atomic E-state index is -0.693. The first-order chi connectivity index (χ1) is 15.6. The summed E-state index contributed by atoms with van der Waals surface area (Å²) < 4.78 is 11.1. The van der Waals surface area contributed by atoms with Gasteiger partial charge in [-0.2, -0.15) is 0 Å². The van der Waals surface area contributed by atoms with Gasteiger partial charge in [-0.05, 0) is 78.5 Å². The number of aromatic hydroxyl groups is 1. The van der Waals surface area contributed by atoms with Gasteiger partial charge in [-0.25, -0.2) is 9.59 Å². The van der Waals surface area contributed by atoms with Gasteiger partial charge >= 0.3 is 12.1 Å². The number of aromatic nitrogens is 1. The lowest BCUT2D eigenvalue weighted by molar-refractivity contribution is 0.00688. The first-order valence-corrected chi connectivity index (χ1v) is 11.6. The summed E-state index contributed by atoms with van der Waals surface area (Å²) in [7, 11) is 0. The topological polar surface area (TPSA) is 97.8 Å². The fourth-order valence-corrected chi connectivity index (χ4v) is 3.55. The second-order valence-electron chi connectivity index (χ2n) is 10.9.